The normalized spacial score (nSPS) is 14.3. The Morgan fingerprint density at radius 2 is 2.13 bits per heavy atom. The Balaban J connectivity index is 4.32. The third kappa shape index (κ3) is 5.65. The van der Waals surface area contributed by atoms with E-state index in [1.165, 1.54) is 0 Å². The molecule has 0 heterocycles. The molecule has 0 bridgehead atoms. The lowest BCUT2D eigenvalue weighted by Crippen LogP contribution is -2.40. The van der Waals surface area contributed by atoms with Crippen LogP contribution in [0.1, 0.15) is 34.1 Å². The molecular formula is C9H18ClN2O2P. The lowest BCUT2D eigenvalue weighted by Gasteiger charge is -2.38. The Kier molecular flexibility index (Phi) is 6.66. The number of alkyl halides is 1. The van der Waals surface area contributed by atoms with E-state index in [0.717, 1.165) is 0 Å². The topological polar surface area (TPSA) is 56.5 Å². The zero-order valence-corrected chi connectivity index (χ0v) is 11.2. The second-order valence-corrected chi connectivity index (χ2v) is 5.96. The van der Waals surface area contributed by atoms with Crippen LogP contribution in [0.15, 0.2) is 0 Å². The molecule has 0 fully saturated rings. The minimum absolute atomic E-state index is 0.0793. The van der Waals surface area contributed by atoms with Gasteiger partial charge in [-0.05, 0) is 27.7 Å². The van der Waals surface area contributed by atoms with E-state index in [-0.39, 0.29) is 19.1 Å². The standard InChI is InChI=1S/C9H18ClN2O2P/c1-8(2)12(9(3,4)10)15(13)14-7-5-6-11/h8,13H,5,7H2,1-4H3. The van der Waals surface area contributed by atoms with Crippen molar-refractivity contribution < 1.29 is 9.42 Å². The van der Waals surface area contributed by atoms with Gasteiger partial charge in [-0.15, -0.1) is 11.6 Å². The lowest BCUT2D eigenvalue weighted by molar-refractivity contribution is 0.197. The van der Waals surface area contributed by atoms with Gasteiger partial charge in [0.05, 0.1) is 24.1 Å². The number of nitriles is 1. The van der Waals surface area contributed by atoms with Gasteiger partial charge in [0.25, 0.3) is 8.53 Å². The predicted octanol–water partition coefficient (Wildman–Crippen LogP) is 2.82. The molecule has 1 atom stereocenters. The van der Waals surface area contributed by atoms with Crippen LogP contribution in [0.5, 0.6) is 0 Å². The molecule has 0 aromatic rings. The highest BCUT2D eigenvalue weighted by atomic mass is 35.5. The number of rotatable bonds is 6. The van der Waals surface area contributed by atoms with Crippen LogP contribution in [0.25, 0.3) is 0 Å². The van der Waals surface area contributed by atoms with E-state index in [4.69, 9.17) is 21.4 Å². The van der Waals surface area contributed by atoms with Crippen LogP contribution in [-0.4, -0.2) is 27.2 Å². The molecule has 1 N–H and O–H groups in total. The van der Waals surface area contributed by atoms with Crippen LogP contribution in [-0.2, 0) is 4.52 Å². The number of hydrogen-bond acceptors (Lipinski definition) is 4. The highest BCUT2D eigenvalue weighted by Gasteiger charge is 2.33. The number of hydrogen-bond donors (Lipinski definition) is 1. The molecule has 0 aliphatic heterocycles. The fraction of sp³-hybridized carbons (Fsp3) is 0.889. The van der Waals surface area contributed by atoms with Crippen LogP contribution >= 0.6 is 20.1 Å². The lowest BCUT2D eigenvalue weighted by atomic mass is 10.3. The van der Waals surface area contributed by atoms with Gasteiger partial charge in [0, 0.05) is 6.04 Å². The Morgan fingerprint density at radius 3 is 2.47 bits per heavy atom. The summed E-state index contributed by atoms with van der Waals surface area (Å²) in [6, 6.07) is 2.03. The average molecular weight is 253 g/mol. The van der Waals surface area contributed by atoms with Crippen molar-refractivity contribution in [2.45, 2.75) is 45.2 Å². The van der Waals surface area contributed by atoms with Crippen LogP contribution in [0.2, 0.25) is 0 Å². The third-order valence-electron chi connectivity index (χ3n) is 1.64. The Labute approximate surface area is 97.8 Å². The second-order valence-electron chi connectivity index (χ2n) is 3.84. The largest absolute Gasteiger partial charge is 0.338 e. The van der Waals surface area contributed by atoms with Gasteiger partial charge in [-0.1, -0.05) is 0 Å². The number of halogens is 1. The van der Waals surface area contributed by atoms with Crippen molar-refractivity contribution in [1.82, 2.24) is 4.67 Å². The molecular weight excluding hydrogens is 235 g/mol. The zero-order chi connectivity index (χ0) is 12.1. The molecule has 0 saturated carbocycles. The molecule has 0 aromatic carbocycles. The van der Waals surface area contributed by atoms with E-state index in [0.29, 0.717) is 0 Å². The third-order valence-corrected chi connectivity index (χ3v) is 3.68. The summed E-state index contributed by atoms with van der Waals surface area (Å²) in [6.07, 6.45) is 0.272. The Morgan fingerprint density at radius 1 is 1.60 bits per heavy atom. The maximum Gasteiger partial charge on any atom is 0.257 e. The van der Waals surface area contributed by atoms with Crippen LogP contribution in [0, 0.1) is 11.3 Å². The Hall–Kier alpha value is 0.0900. The van der Waals surface area contributed by atoms with Crippen molar-refractivity contribution in [3.8, 4) is 6.07 Å². The first-order valence-corrected chi connectivity index (χ1v) is 6.32. The van der Waals surface area contributed by atoms with Crippen LogP contribution in [0.4, 0.5) is 0 Å². The second kappa shape index (κ2) is 6.62. The zero-order valence-electron chi connectivity index (χ0n) is 9.57. The van der Waals surface area contributed by atoms with Gasteiger partial charge in [0.15, 0.2) is 0 Å². The minimum Gasteiger partial charge on any atom is -0.338 e. The molecule has 0 saturated heterocycles. The van der Waals surface area contributed by atoms with Crippen molar-refractivity contribution >= 4 is 20.1 Å². The summed E-state index contributed by atoms with van der Waals surface area (Å²) < 4.78 is 6.87. The van der Waals surface area contributed by atoms with Gasteiger partial charge in [0.2, 0.25) is 0 Å². The number of nitrogens with zero attached hydrogens (tertiary/aromatic N) is 2. The average Bonchev–Trinajstić information content (AvgIpc) is 2.00. The first kappa shape index (κ1) is 15.1. The molecule has 0 aromatic heterocycles. The van der Waals surface area contributed by atoms with E-state index in [1.54, 1.807) is 18.5 Å². The highest BCUT2D eigenvalue weighted by Crippen LogP contribution is 2.45. The van der Waals surface area contributed by atoms with Gasteiger partial charge in [0.1, 0.15) is 0 Å². The molecule has 0 rings (SSSR count). The molecule has 0 aliphatic carbocycles. The fourth-order valence-corrected chi connectivity index (χ4v) is 2.82. The van der Waals surface area contributed by atoms with Gasteiger partial charge < -0.3 is 9.42 Å². The quantitative estimate of drug-likeness (QED) is 0.342. The fourth-order valence-electron chi connectivity index (χ4n) is 1.25. The van der Waals surface area contributed by atoms with E-state index in [1.807, 2.05) is 19.9 Å². The summed E-state index contributed by atoms with van der Waals surface area (Å²) in [5.41, 5.74) is 0. The van der Waals surface area contributed by atoms with E-state index in [9.17, 15) is 4.89 Å². The molecule has 0 amide bonds. The minimum atomic E-state index is -1.73. The predicted molar refractivity (Wildman–Crippen MR) is 62.2 cm³/mol. The van der Waals surface area contributed by atoms with Crippen molar-refractivity contribution in [3.05, 3.63) is 0 Å². The van der Waals surface area contributed by atoms with Gasteiger partial charge in [-0.3, -0.25) is 0 Å². The molecule has 4 nitrogen and oxygen atoms in total. The summed E-state index contributed by atoms with van der Waals surface area (Å²) in [6.45, 7) is 7.70. The molecule has 0 radical (unpaired) electrons. The Bertz CT molecular complexity index is 225. The molecule has 88 valence electrons. The van der Waals surface area contributed by atoms with Crippen molar-refractivity contribution in [1.29, 1.82) is 5.26 Å². The van der Waals surface area contributed by atoms with E-state index in [2.05, 4.69) is 0 Å². The molecule has 1 unspecified atom stereocenters. The maximum atomic E-state index is 9.82. The van der Waals surface area contributed by atoms with Crippen LogP contribution < -0.4 is 0 Å². The molecule has 6 heteroatoms. The van der Waals surface area contributed by atoms with Gasteiger partial charge in [-0.25, -0.2) is 4.67 Å². The van der Waals surface area contributed by atoms with E-state index >= 15 is 0 Å². The van der Waals surface area contributed by atoms with Crippen molar-refractivity contribution in [3.63, 3.8) is 0 Å². The highest BCUT2D eigenvalue weighted by molar-refractivity contribution is 7.43. The summed E-state index contributed by atoms with van der Waals surface area (Å²) >= 11 is 6.14. The molecule has 0 aliphatic rings. The summed E-state index contributed by atoms with van der Waals surface area (Å²) in [5.74, 6) is 0. The van der Waals surface area contributed by atoms with Crippen LogP contribution in [0.3, 0.4) is 0 Å². The summed E-state index contributed by atoms with van der Waals surface area (Å²) in [5, 5.41) is 8.34. The molecule has 0 spiro atoms. The van der Waals surface area contributed by atoms with Crippen molar-refractivity contribution in [2.75, 3.05) is 6.61 Å². The smallest absolute Gasteiger partial charge is 0.257 e. The monoisotopic (exact) mass is 252 g/mol. The SMILES string of the molecule is CC(C)N(P(O)OCCC#N)C(C)(C)Cl. The first-order valence-electron chi connectivity index (χ1n) is 4.77. The summed E-state index contributed by atoms with van der Waals surface area (Å²) in [7, 11) is -1.73. The van der Waals surface area contributed by atoms with E-state index < -0.39 is 13.5 Å². The van der Waals surface area contributed by atoms with Gasteiger partial charge in [-0.2, -0.15) is 5.26 Å². The maximum absolute atomic E-state index is 9.82. The van der Waals surface area contributed by atoms with Gasteiger partial charge >= 0.3 is 0 Å². The first-order chi connectivity index (χ1) is 6.80. The van der Waals surface area contributed by atoms with Crippen molar-refractivity contribution in [2.24, 2.45) is 0 Å². The summed E-state index contributed by atoms with van der Waals surface area (Å²) in [4.78, 5) is 9.15. The molecule has 15 heavy (non-hydrogen) atoms.